The van der Waals surface area contributed by atoms with Crippen molar-refractivity contribution in [2.24, 2.45) is 5.73 Å². The Morgan fingerprint density at radius 2 is 2.00 bits per heavy atom. The lowest BCUT2D eigenvalue weighted by Crippen LogP contribution is -2.30. The molecule has 66 valence electrons. The SMILES string of the molecule is Br.CC(=O)CC[C@H](N)C(=O)O. The highest BCUT2D eigenvalue weighted by Gasteiger charge is 2.10. The molecule has 0 bridgehead atoms. The predicted octanol–water partition coefficient (Wildman–Crippen LogP) is 0.345. The smallest absolute Gasteiger partial charge is 0.320 e. The lowest BCUT2D eigenvalue weighted by molar-refractivity contribution is -0.138. The summed E-state index contributed by atoms with van der Waals surface area (Å²) in [5.41, 5.74) is 5.11. The van der Waals surface area contributed by atoms with Crippen molar-refractivity contribution in [1.82, 2.24) is 0 Å². The van der Waals surface area contributed by atoms with Crippen molar-refractivity contribution in [2.75, 3.05) is 0 Å². The maximum atomic E-state index is 10.3. The number of carboxylic acid groups (broad SMARTS) is 1. The lowest BCUT2D eigenvalue weighted by atomic mass is 10.1. The summed E-state index contributed by atoms with van der Waals surface area (Å²) in [5.74, 6) is -1.09. The van der Waals surface area contributed by atoms with Gasteiger partial charge in [0.15, 0.2) is 0 Å². The molecule has 0 aromatic rings. The molecule has 0 saturated heterocycles. The average Bonchev–Trinajstić information content (AvgIpc) is 1.82. The molecule has 1 atom stereocenters. The van der Waals surface area contributed by atoms with E-state index in [-0.39, 0.29) is 35.6 Å². The monoisotopic (exact) mass is 225 g/mol. The number of ketones is 1. The second-order valence-corrected chi connectivity index (χ2v) is 2.19. The lowest BCUT2D eigenvalue weighted by Gasteiger charge is -2.02. The van der Waals surface area contributed by atoms with Gasteiger partial charge in [0.1, 0.15) is 11.8 Å². The van der Waals surface area contributed by atoms with Crippen LogP contribution >= 0.6 is 17.0 Å². The second kappa shape index (κ2) is 6.30. The van der Waals surface area contributed by atoms with Crippen LogP contribution < -0.4 is 5.73 Å². The van der Waals surface area contributed by atoms with Crippen LogP contribution in [0.5, 0.6) is 0 Å². The average molecular weight is 226 g/mol. The molecule has 0 amide bonds. The molecule has 5 heteroatoms. The largest absolute Gasteiger partial charge is 0.480 e. The summed E-state index contributed by atoms with van der Waals surface area (Å²) in [6.07, 6.45) is 0.470. The van der Waals surface area contributed by atoms with E-state index in [2.05, 4.69) is 0 Å². The van der Waals surface area contributed by atoms with Crippen molar-refractivity contribution in [1.29, 1.82) is 0 Å². The molecule has 0 aliphatic carbocycles. The third-order valence-corrected chi connectivity index (χ3v) is 1.12. The normalized spacial score (nSPS) is 11.5. The maximum Gasteiger partial charge on any atom is 0.320 e. The number of Topliss-reactive ketones (excluding diaryl/α,β-unsaturated/α-hetero) is 1. The van der Waals surface area contributed by atoms with Crippen LogP contribution in [0, 0.1) is 0 Å². The predicted molar refractivity (Wildman–Crippen MR) is 45.8 cm³/mol. The highest BCUT2D eigenvalue weighted by molar-refractivity contribution is 8.93. The van der Waals surface area contributed by atoms with Gasteiger partial charge in [-0.25, -0.2) is 0 Å². The first-order valence-corrected chi connectivity index (χ1v) is 3.02. The fourth-order valence-corrected chi connectivity index (χ4v) is 0.482. The maximum absolute atomic E-state index is 10.3. The van der Waals surface area contributed by atoms with E-state index in [1.165, 1.54) is 6.92 Å². The van der Waals surface area contributed by atoms with Gasteiger partial charge in [0.2, 0.25) is 0 Å². The molecule has 0 aliphatic rings. The molecule has 11 heavy (non-hydrogen) atoms. The molecule has 0 spiro atoms. The van der Waals surface area contributed by atoms with E-state index in [1.807, 2.05) is 0 Å². The molecule has 0 heterocycles. The third-order valence-electron chi connectivity index (χ3n) is 1.12. The minimum atomic E-state index is -1.05. The zero-order valence-corrected chi connectivity index (χ0v) is 7.95. The van der Waals surface area contributed by atoms with Crippen molar-refractivity contribution >= 4 is 28.7 Å². The van der Waals surface area contributed by atoms with Gasteiger partial charge in [0.05, 0.1) is 0 Å². The third kappa shape index (κ3) is 7.48. The molecule has 0 rings (SSSR count). The molecule has 0 fully saturated rings. The van der Waals surface area contributed by atoms with E-state index in [4.69, 9.17) is 10.8 Å². The molecule has 0 saturated carbocycles. The van der Waals surface area contributed by atoms with Gasteiger partial charge in [-0.3, -0.25) is 4.79 Å². The topological polar surface area (TPSA) is 80.4 Å². The Labute approximate surface area is 75.5 Å². The highest BCUT2D eigenvalue weighted by atomic mass is 79.9. The van der Waals surface area contributed by atoms with E-state index in [0.717, 1.165) is 0 Å². The Balaban J connectivity index is 0. The molecule has 0 aliphatic heterocycles. The molecule has 0 unspecified atom stereocenters. The van der Waals surface area contributed by atoms with Gasteiger partial charge < -0.3 is 15.6 Å². The molecular formula is C6H12BrNO3. The fourth-order valence-electron chi connectivity index (χ4n) is 0.482. The van der Waals surface area contributed by atoms with Crippen LogP contribution in [0.25, 0.3) is 0 Å². The van der Waals surface area contributed by atoms with Gasteiger partial charge in [-0.1, -0.05) is 0 Å². The Morgan fingerprint density at radius 3 is 2.27 bits per heavy atom. The summed E-state index contributed by atoms with van der Waals surface area (Å²) in [7, 11) is 0. The van der Waals surface area contributed by atoms with E-state index in [9.17, 15) is 9.59 Å². The number of aliphatic carboxylic acids is 1. The second-order valence-electron chi connectivity index (χ2n) is 2.19. The quantitative estimate of drug-likeness (QED) is 0.724. The van der Waals surface area contributed by atoms with Gasteiger partial charge in [-0.05, 0) is 13.3 Å². The number of hydrogen-bond acceptors (Lipinski definition) is 3. The molecule has 4 nitrogen and oxygen atoms in total. The van der Waals surface area contributed by atoms with Crippen molar-refractivity contribution in [2.45, 2.75) is 25.8 Å². The van der Waals surface area contributed by atoms with Crippen molar-refractivity contribution in [3.8, 4) is 0 Å². The molecule has 0 radical (unpaired) electrons. The van der Waals surface area contributed by atoms with E-state index in [0.29, 0.717) is 0 Å². The van der Waals surface area contributed by atoms with Crippen molar-refractivity contribution in [3.05, 3.63) is 0 Å². The molecule has 0 aromatic carbocycles. The van der Waals surface area contributed by atoms with Gasteiger partial charge in [-0.2, -0.15) is 0 Å². The number of carboxylic acids is 1. The zero-order chi connectivity index (χ0) is 8.15. The van der Waals surface area contributed by atoms with Crippen molar-refractivity contribution < 1.29 is 14.7 Å². The summed E-state index contributed by atoms with van der Waals surface area (Å²) in [6, 6.07) is -0.899. The summed E-state index contributed by atoms with van der Waals surface area (Å²) in [6.45, 7) is 1.41. The first kappa shape index (κ1) is 13.2. The van der Waals surface area contributed by atoms with Crippen molar-refractivity contribution in [3.63, 3.8) is 0 Å². The Hall–Kier alpha value is -0.420. The fraction of sp³-hybridized carbons (Fsp3) is 0.667. The van der Waals surface area contributed by atoms with Gasteiger partial charge in [0.25, 0.3) is 0 Å². The summed E-state index contributed by atoms with van der Waals surface area (Å²) in [4.78, 5) is 20.4. The summed E-state index contributed by atoms with van der Waals surface area (Å²) in [5, 5.41) is 8.26. The number of carbonyl (C=O) groups is 2. The zero-order valence-electron chi connectivity index (χ0n) is 6.24. The van der Waals surface area contributed by atoms with E-state index >= 15 is 0 Å². The van der Waals surface area contributed by atoms with Crippen LogP contribution in [0.3, 0.4) is 0 Å². The number of rotatable bonds is 4. The van der Waals surface area contributed by atoms with Crippen LogP contribution in [0.4, 0.5) is 0 Å². The molecule has 3 N–H and O–H groups in total. The summed E-state index contributed by atoms with van der Waals surface area (Å²) >= 11 is 0. The number of hydrogen-bond donors (Lipinski definition) is 2. The van der Waals surface area contributed by atoms with Gasteiger partial charge in [0, 0.05) is 6.42 Å². The van der Waals surface area contributed by atoms with Crippen LogP contribution in [0.2, 0.25) is 0 Å². The summed E-state index contributed by atoms with van der Waals surface area (Å²) < 4.78 is 0. The number of carbonyl (C=O) groups excluding carboxylic acids is 1. The first-order chi connectivity index (χ1) is 4.54. The number of nitrogens with two attached hydrogens (primary N) is 1. The van der Waals surface area contributed by atoms with E-state index in [1.54, 1.807) is 0 Å². The minimum absolute atomic E-state index is 0. The first-order valence-electron chi connectivity index (χ1n) is 3.02. The Bertz CT molecular complexity index is 149. The van der Waals surface area contributed by atoms with Gasteiger partial charge >= 0.3 is 5.97 Å². The molecule has 0 aromatic heterocycles. The Morgan fingerprint density at radius 1 is 1.55 bits per heavy atom. The minimum Gasteiger partial charge on any atom is -0.480 e. The highest BCUT2D eigenvalue weighted by Crippen LogP contribution is 1.94. The molecular weight excluding hydrogens is 214 g/mol. The standard InChI is InChI=1S/C6H11NO3.BrH/c1-4(8)2-3-5(7)6(9)10;/h5H,2-3,7H2,1H3,(H,9,10);1H/t5-;/m0./s1. The van der Waals surface area contributed by atoms with Crippen LogP contribution in [0.1, 0.15) is 19.8 Å². The van der Waals surface area contributed by atoms with Crippen LogP contribution in [-0.2, 0) is 9.59 Å². The van der Waals surface area contributed by atoms with Crippen LogP contribution in [-0.4, -0.2) is 22.9 Å². The number of halogens is 1. The van der Waals surface area contributed by atoms with E-state index < -0.39 is 12.0 Å². The van der Waals surface area contributed by atoms with Gasteiger partial charge in [-0.15, -0.1) is 17.0 Å². The Kier molecular flexibility index (Phi) is 7.55. The van der Waals surface area contributed by atoms with Crippen LogP contribution in [0.15, 0.2) is 0 Å².